The van der Waals surface area contributed by atoms with E-state index in [2.05, 4.69) is 47.8 Å². The molecule has 0 aliphatic carbocycles. The SMILES string of the molecule is O=S(=O)(O)c1cccc2cccc(S(=O)(=O)C(Br)(Br)Br)c12. The molecule has 0 saturated carbocycles. The maximum atomic E-state index is 12.5. The first-order valence-electron chi connectivity index (χ1n) is 5.27. The Morgan fingerprint density at radius 2 is 1.33 bits per heavy atom. The molecule has 0 bridgehead atoms. The van der Waals surface area contributed by atoms with E-state index in [1.165, 1.54) is 18.2 Å². The molecule has 0 amide bonds. The predicted octanol–water partition coefficient (Wildman–Crippen LogP) is 3.66. The molecule has 10 heteroatoms. The molecule has 2 aromatic carbocycles. The second kappa shape index (κ2) is 5.57. The predicted molar refractivity (Wildman–Crippen MR) is 90.5 cm³/mol. The summed E-state index contributed by atoms with van der Waals surface area (Å²) in [6.07, 6.45) is 0. The first kappa shape index (κ1) is 17.4. The molecule has 0 heterocycles. The number of sulfone groups is 1. The molecular weight excluding hydrogens is 516 g/mol. The van der Waals surface area contributed by atoms with Gasteiger partial charge in [0.1, 0.15) is 4.90 Å². The molecule has 114 valence electrons. The second-order valence-corrected chi connectivity index (χ2v) is 15.8. The van der Waals surface area contributed by atoms with Crippen LogP contribution in [0.5, 0.6) is 0 Å². The zero-order valence-corrected chi connectivity index (χ0v) is 16.4. The average Bonchev–Trinajstić information content (AvgIpc) is 2.34. The van der Waals surface area contributed by atoms with Gasteiger partial charge in [-0.2, -0.15) is 8.42 Å². The van der Waals surface area contributed by atoms with Crippen LogP contribution in [-0.2, 0) is 20.0 Å². The topological polar surface area (TPSA) is 88.5 Å². The van der Waals surface area contributed by atoms with Crippen molar-refractivity contribution in [3.8, 4) is 0 Å². The number of alkyl halides is 3. The van der Waals surface area contributed by atoms with E-state index < -0.39 is 26.3 Å². The standard InChI is InChI=1S/C11H7Br3O5S2/c12-11(13,14)20(15,16)8-5-1-3-7-4-2-6-9(10(7)8)21(17,18)19/h1-6H,(H,17,18,19). The van der Waals surface area contributed by atoms with Gasteiger partial charge in [0.25, 0.3) is 10.1 Å². The molecule has 0 radical (unpaired) electrons. The van der Waals surface area contributed by atoms with E-state index in [9.17, 15) is 21.4 Å². The van der Waals surface area contributed by atoms with Crippen LogP contribution in [0.25, 0.3) is 10.8 Å². The van der Waals surface area contributed by atoms with Gasteiger partial charge in [-0.05, 0) is 65.3 Å². The lowest BCUT2D eigenvalue weighted by Gasteiger charge is -2.16. The molecule has 0 aliphatic heterocycles. The number of halogens is 3. The van der Waals surface area contributed by atoms with Crippen LogP contribution >= 0.6 is 47.8 Å². The third-order valence-electron chi connectivity index (χ3n) is 2.70. The molecule has 0 atom stereocenters. The summed E-state index contributed by atoms with van der Waals surface area (Å²) in [5.41, 5.74) is 0. The molecule has 2 rings (SSSR count). The highest BCUT2D eigenvalue weighted by molar-refractivity contribution is 9.42. The Morgan fingerprint density at radius 1 is 0.857 bits per heavy atom. The minimum Gasteiger partial charge on any atom is -0.282 e. The molecule has 0 aliphatic rings. The van der Waals surface area contributed by atoms with Crippen molar-refractivity contribution in [2.75, 3.05) is 0 Å². The van der Waals surface area contributed by atoms with Crippen molar-refractivity contribution in [3.63, 3.8) is 0 Å². The van der Waals surface area contributed by atoms with Crippen molar-refractivity contribution in [1.29, 1.82) is 0 Å². The first-order valence-corrected chi connectivity index (χ1v) is 10.6. The summed E-state index contributed by atoms with van der Waals surface area (Å²) >= 11 is 8.79. The number of fused-ring (bicyclic) bond motifs is 1. The van der Waals surface area contributed by atoms with Gasteiger partial charge >= 0.3 is 0 Å². The van der Waals surface area contributed by atoms with Gasteiger partial charge in [-0.15, -0.1) is 0 Å². The normalized spacial score (nSPS) is 13.5. The number of benzene rings is 2. The Kier molecular flexibility index (Phi) is 4.60. The van der Waals surface area contributed by atoms with Gasteiger partial charge in [-0.1, -0.05) is 24.3 Å². The van der Waals surface area contributed by atoms with Crippen molar-refractivity contribution in [2.24, 2.45) is 0 Å². The highest BCUT2D eigenvalue weighted by Gasteiger charge is 2.39. The molecule has 5 nitrogen and oxygen atoms in total. The van der Waals surface area contributed by atoms with E-state index in [0.29, 0.717) is 5.39 Å². The molecule has 0 fully saturated rings. The van der Waals surface area contributed by atoms with Crippen molar-refractivity contribution >= 4 is 78.5 Å². The molecule has 0 spiro atoms. The summed E-state index contributed by atoms with van der Waals surface area (Å²) in [5, 5.41) is 0.313. The van der Waals surface area contributed by atoms with Crippen molar-refractivity contribution in [1.82, 2.24) is 0 Å². The number of hydrogen-bond donors (Lipinski definition) is 1. The lowest BCUT2D eigenvalue weighted by molar-refractivity contribution is 0.484. The van der Waals surface area contributed by atoms with Gasteiger partial charge in [0.05, 0.1) is 4.90 Å². The molecular formula is C11H7Br3O5S2. The summed E-state index contributed by atoms with van der Waals surface area (Å²) < 4.78 is 55.7. The van der Waals surface area contributed by atoms with Crippen LogP contribution in [0.15, 0.2) is 46.2 Å². The summed E-state index contributed by atoms with van der Waals surface area (Å²) in [7, 11) is -8.58. The molecule has 21 heavy (non-hydrogen) atoms. The van der Waals surface area contributed by atoms with E-state index in [-0.39, 0.29) is 10.3 Å². The molecule has 0 saturated heterocycles. The fourth-order valence-corrected chi connectivity index (χ4v) is 5.21. The fraction of sp³-hybridized carbons (Fsp3) is 0.0909. The van der Waals surface area contributed by atoms with Crippen LogP contribution in [0.2, 0.25) is 0 Å². The maximum absolute atomic E-state index is 12.5. The first-order chi connectivity index (χ1) is 9.46. The van der Waals surface area contributed by atoms with E-state index in [0.717, 1.165) is 6.07 Å². The Bertz CT molecular complexity index is 909. The van der Waals surface area contributed by atoms with E-state index >= 15 is 0 Å². The molecule has 1 N–H and O–H groups in total. The van der Waals surface area contributed by atoms with Gasteiger partial charge < -0.3 is 0 Å². The van der Waals surface area contributed by atoms with Crippen LogP contribution in [-0.4, -0.2) is 22.9 Å². The number of rotatable bonds is 2. The average molecular weight is 523 g/mol. The van der Waals surface area contributed by atoms with Crippen LogP contribution < -0.4 is 0 Å². The minimum atomic E-state index is -4.57. The summed E-state index contributed by atoms with van der Waals surface area (Å²) in [5.74, 6) is 0. The van der Waals surface area contributed by atoms with Crippen LogP contribution in [0.1, 0.15) is 0 Å². The van der Waals surface area contributed by atoms with E-state index in [1.54, 1.807) is 12.1 Å². The quantitative estimate of drug-likeness (QED) is 0.480. The van der Waals surface area contributed by atoms with Gasteiger partial charge in [0.15, 0.2) is 0 Å². The van der Waals surface area contributed by atoms with Gasteiger partial charge in [0.2, 0.25) is 11.3 Å². The largest absolute Gasteiger partial charge is 0.295 e. The third kappa shape index (κ3) is 3.20. The summed E-state index contributed by atoms with van der Waals surface area (Å²) in [4.78, 5) is -0.699. The molecule has 2 aromatic rings. The van der Waals surface area contributed by atoms with Crippen molar-refractivity contribution < 1.29 is 21.4 Å². The second-order valence-electron chi connectivity index (χ2n) is 4.03. The fourth-order valence-electron chi connectivity index (χ4n) is 1.84. The summed E-state index contributed by atoms with van der Waals surface area (Å²) in [6.45, 7) is 0. The zero-order chi connectivity index (χ0) is 16.1. The lowest BCUT2D eigenvalue weighted by Crippen LogP contribution is -2.18. The monoisotopic (exact) mass is 520 g/mol. The van der Waals surface area contributed by atoms with Crippen LogP contribution in [0.4, 0.5) is 0 Å². The Balaban J connectivity index is 3.04. The maximum Gasteiger partial charge on any atom is 0.295 e. The molecule has 0 unspecified atom stereocenters. The lowest BCUT2D eigenvalue weighted by atomic mass is 10.1. The van der Waals surface area contributed by atoms with Crippen molar-refractivity contribution in [3.05, 3.63) is 36.4 Å². The van der Waals surface area contributed by atoms with Crippen LogP contribution in [0, 0.1) is 0 Å². The van der Waals surface area contributed by atoms with Gasteiger partial charge in [-0.3, -0.25) is 4.55 Å². The van der Waals surface area contributed by atoms with Gasteiger partial charge in [-0.25, -0.2) is 8.42 Å². The smallest absolute Gasteiger partial charge is 0.282 e. The Hall–Kier alpha value is 0.000000000000000111. The van der Waals surface area contributed by atoms with Crippen molar-refractivity contribution in [2.45, 2.75) is 11.3 Å². The van der Waals surface area contributed by atoms with E-state index in [1.807, 2.05) is 0 Å². The highest BCUT2D eigenvalue weighted by Crippen LogP contribution is 2.45. The zero-order valence-electron chi connectivity index (χ0n) is 9.99. The van der Waals surface area contributed by atoms with Crippen LogP contribution in [0.3, 0.4) is 0 Å². The Morgan fingerprint density at radius 3 is 1.76 bits per heavy atom. The van der Waals surface area contributed by atoms with Gasteiger partial charge in [0, 0.05) is 5.39 Å². The third-order valence-corrected chi connectivity index (χ3v) is 8.96. The number of hydrogen-bond acceptors (Lipinski definition) is 4. The minimum absolute atomic E-state index is 0.0646. The summed E-state index contributed by atoms with van der Waals surface area (Å²) in [6, 6.07) is 8.44. The highest BCUT2D eigenvalue weighted by atomic mass is 80.0. The molecule has 0 aromatic heterocycles. The van der Waals surface area contributed by atoms with E-state index in [4.69, 9.17) is 0 Å². The Labute approximate surface area is 146 Å².